The predicted molar refractivity (Wildman–Crippen MR) is 140 cm³/mol. The Morgan fingerprint density at radius 2 is 1.21 bits per heavy atom. The lowest BCUT2D eigenvalue weighted by Gasteiger charge is -2.27. The third-order valence-electron chi connectivity index (χ3n) is 6.22. The quantitative estimate of drug-likeness (QED) is 0.117. The fraction of sp³-hybridized carbons (Fsp3) is 0.815. The molecule has 12 nitrogen and oxygen atoms in total. The van der Waals surface area contributed by atoms with Gasteiger partial charge < -0.3 is 38.7 Å². The van der Waals surface area contributed by atoms with Crippen LogP contribution in [0.5, 0.6) is 0 Å². The van der Waals surface area contributed by atoms with Gasteiger partial charge in [-0.1, -0.05) is 6.42 Å². The van der Waals surface area contributed by atoms with E-state index >= 15 is 0 Å². The number of unbranched alkanes of at least 4 members (excludes halogenated alkanes) is 2. The number of carboxylic acids is 2. The molecule has 0 aromatic carbocycles. The van der Waals surface area contributed by atoms with Crippen LogP contribution >= 0.6 is 0 Å². The molecule has 0 spiro atoms. The molecule has 0 fully saturated rings. The number of rotatable bonds is 26. The molecule has 0 aromatic heterocycles. The minimum absolute atomic E-state index is 0.0372. The molecule has 0 saturated carbocycles. The van der Waals surface area contributed by atoms with E-state index < -0.39 is 53.6 Å². The van der Waals surface area contributed by atoms with Crippen molar-refractivity contribution in [3.8, 4) is 0 Å². The van der Waals surface area contributed by atoms with E-state index in [2.05, 4.69) is 0 Å². The van der Waals surface area contributed by atoms with E-state index in [1.807, 2.05) is 0 Å². The van der Waals surface area contributed by atoms with Gasteiger partial charge in [0.25, 0.3) is 0 Å². The Kier molecular flexibility index (Phi) is 18.6. The number of methoxy groups -OCH3 is 1. The van der Waals surface area contributed by atoms with Gasteiger partial charge in [0.2, 0.25) is 0 Å². The van der Waals surface area contributed by atoms with Crippen molar-refractivity contribution < 1.29 is 57.9 Å². The summed E-state index contributed by atoms with van der Waals surface area (Å²) in [5.41, 5.74) is -2.27. The SMILES string of the molecule is COCCOCCOCCOC(C)(C)C(=O)CCCCCOC(C)(C)C(=O)CC(C(=O)O)C(CC=O)C(=O)O. The molecule has 0 radical (unpaired) electrons. The van der Waals surface area contributed by atoms with Crippen LogP contribution < -0.4 is 0 Å². The number of carbonyl (C=O) groups excluding carboxylic acids is 3. The van der Waals surface area contributed by atoms with Gasteiger partial charge in [-0.3, -0.25) is 19.2 Å². The van der Waals surface area contributed by atoms with Crippen LogP contribution in [0.4, 0.5) is 0 Å². The molecule has 0 aliphatic heterocycles. The second-order valence-electron chi connectivity index (χ2n) is 10.1. The molecule has 39 heavy (non-hydrogen) atoms. The van der Waals surface area contributed by atoms with Crippen molar-refractivity contribution in [1.29, 1.82) is 0 Å². The summed E-state index contributed by atoms with van der Waals surface area (Å²) in [5, 5.41) is 18.6. The summed E-state index contributed by atoms with van der Waals surface area (Å²) in [4.78, 5) is 58.9. The highest BCUT2D eigenvalue weighted by atomic mass is 16.6. The molecule has 0 aliphatic rings. The number of ether oxygens (including phenoxy) is 5. The normalized spacial score (nSPS) is 13.6. The average molecular weight is 563 g/mol. The van der Waals surface area contributed by atoms with Gasteiger partial charge in [0.05, 0.1) is 51.5 Å². The highest BCUT2D eigenvalue weighted by Gasteiger charge is 2.39. The average Bonchev–Trinajstić information content (AvgIpc) is 2.86. The van der Waals surface area contributed by atoms with Gasteiger partial charge in [-0.2, -0.15) is 0 Å². The van der Waals surface area contributed by atoms with Gasteiger partial charge in [0, 0.05) is 33.0 Å². The number of hydrogen-bond acceptors (Lipinski definition) is 10. The zero-order valence-electron chi connectivity index (χ0n) is 23.9. The van der Waals surface area contributed by atoms with Crippen molar-refractivity contribution in [2.75, 3.05) is 53.4 Å². The van der Waals surface area contributed by atoms with Crippen molar-refractivity contribution in [1.82, 2.24) is 0 Å². The number of aldehydes is 1. The highest BCUT2D eigenvalue weighted by molar-refractivity contribution is 5.92. The Bertz CT molecular complexity index is 762. The van der Waals surface area contributed by atoms with E-state index in [0.29, 0.717) is 65.0 Å². The van der Waals surface area contributed by atoms with Crippen molar-refractivity contribution >= 4 is 29.8 Å². The molecular formula is C27H46O12. The highest BCUT2D eigenvalue weighted by Crippen LogP contribution is 2.25. The van der Waals surface area contributed by atoms with E-state index in [4.69, 9.17) is 23.7 Å². The lowest BCUT2D eigenvalue weighted by Crippen LogP contribution is -2.40. The minimum Gasteiger partial charge on any atom is -0.481 e. The lowest BCUT2D eigenvalue weighted by molar-refractivity contribution is -0.158. The third kappa shape index (κ3) is 15.8. The number of carbonyl (C=O) groups is 5. The molecule has 0 bridgehead atoms. The van der Waals surface area contributed by atoms with Gasteiger partial charge >= 0.3 is 11.9 Å². The number of carboxylic acid groups (broad SMARTS) is 2. The predicted octanol–water partition coefficient (Wildman–Crippen LogP) is 2.34. The summed E-state index contributed by atoms with van der Waals surface area (Å²) in [5.74, 6) is -6.54. The summed E-state index contributed by atoms with van der Waals surface area (Å²) in [6.07, 6.45) is 1.41. The van der Waals surface area contributed by atoms with Crippen LogP contribution in [0.25, 0.3) is 0 Å². The molecular weight excluding hydrogens is 516 g/mol. The smallest absolute Gasteiger partial charge is 0.307 e. The van der Waals surface area contributed by atoms with Gasteiger partial charge in [-0.15, -0.1) is 0 Å². The van der Waals surface area contributed by atoms with E-state index in [1.165, 1.54) is 13.8 Å². The molecule has 2 N–H and O–H groups in total. The first-order valence-electron chi connectivity index (χ1n) is 13.2. The Hall–Kier alpha value is -2.25. The molecule has 0 aliphatic carbocycles. The number of Topliss-reactive ketones (excluding diaryl/α,β-unsaturated/α-hetero) is 2. The fourth-order valence-corrected chi connectivity index (χ4v) is 3.56. The summed E-state index contributed by atoms with van der Waals surface area (Å²) < 4.78 is 26.9. The van der Waals surface area contributed by atoms with E-state index in [9.17, 15) is 34.2 Å². The molecule has 12 heteroatoms. The molecule has 0 amide bonds. The zero-order chi connectivity index (χ0) is 29.9. The van der Waals surface area contributed by atoms with Crippen LogP contribution in [0, 0.1) is 11.8 Å². The number of ketones is 2. The first-order valence-corrected chi connectivity index (χ1v) is 13.2. The molecule has 226 valence electrons. The largest absolute Gasteiger partial charge is 0.481 e. The van der Waals surface area contributed by atoms with Crippen molar-refractivity contribution in [2.45, 2.75) is 77.4 Å². The van der Waals surface area contributed by atoms with Crippen LogP contribution in [0.2, 0.25) is 0 Å². The van der Waals surface area contributed by atoms with Crippen LogP contribution in [0.1, 0.15) is 66.2 Å². The standard InChI is InChI=1S/C27H46O12/c1-26(2,39-18-17-37-16-15-36-14-13-35-5)22(29)9-7-6-8-12-38-27(3,4)23(30)19-21(25(33)34)20(10-11-28)24(31)32/h11,20-21H,6-10,12-19H2,1-5H3,(H,31,32)(H,33,34). The first-order chi connectivity index (χ1) is 18.3. The van der Waals surface area contributed by atoms with Crippen molar-refractivity contribution in [3.63, 3.8) is 0 Å². The Morgan fingerprint density at radius 3 is 1.74 bits per heavy atom. The Balaban J connectivity index is 4.31. The summed E-state index contributed by atoms with van der Waals surface area (Å²) in [7, 11) is 1.60. The Morgan fingerprint density at radius 1 is 0.692 bits per heavy atom. The molecule has 0 saturated heterocycles. The van der Waals surface area contributed by atoms with E-state index in [-0.39, 0.29) is 19.0 Å². The monoisotopic (exact) mass is 562 g/mol. The maximum atomic E-state index is 12.7. The zero-order valence-corrected chi connectivity index (χ0v) is 23.9. The van der Waals surface area contributed by atoms with Crippen LogP contribution in [-0.4, -0.2) is 105 Å². The van der Waals surface area contributed by atoms with Gasteiger partial charge in [-0.05, 0) is 40.5 Å². The van der Waals surface area contributed by atoms with Crippen LogP contribution in [-0.2, 0) is 47.7 Å². The molecule has 2 atom stereocenters. The molecule has 0 rings (SSSR count). The Labute approximate surface area is 230 Å². The molecule has 0 heterocycles. The molecule has 2 unspecified atom stereocenters. The second-order valence-corrected chi connectivity index (χ2v) is 10.1. The van der Waals surface area contributed by atoms with Crippen molar-refractivity contribution in [3.05, 3.63) is 0 Å². The number of aliphatic carboxylic acids is 2. The topological polar surface area (TPSA) is 172 Å². The van der Waals surface area contributed by atoms with Crippen LogP contribution in [0.15, 0.2) is 0 Å². The van der Waals surface area contributed by atoms with E-state index in [0.717, 1.165) is 0 Å². The molecule has 0 aromatic rings. The minimum atomic E-state index is -1.54. The summed E-state index contributed by atoms with van der Waals surface area (Å²) >= 11 is 0. The second kappa shape index (κ2) is 19.8. The third-order valence-corrected chi connectivity index (χ3v) is 6.22. The maximum absolute atomic E-state index is 12.7. The van der Waals surface area contributed by atoms with Gasteiger partial charge in [-0.25, -0.2) is 0 Å². The maximum Gasteiger partial charge on any atom is 0.307 e. The van der Waals surface area contributed by atoms with Crippen LogP contribution in [0.3, 0.4) is 0 Å². The summed E-state index contributed by atoms with van der Waals surface area (Å²) in [6.45, 7) is 9.15. The van der Waals surface area contributed by atoms with E-state index in [1.54, 1.807) is 21.0 Å². The van der Waals surface area contributed by atoms with Crippen molar-refractivity contribution in [2.24, 2.45) is 11.8 Å². The van der Waals surface area contributed by atoms with Gasteiger partial charge in [0.15, 0.2) is 11.6 Å². The fourth-order valence-electron chi connectivity index (χ4n) is 3.56. The van der Waals surface area contributed by atoms with Gasteiger partial charge in [0.1, 0.15) is 17.5 Å². The summed E-state index contributed by atoms with van der Waals surface area (Å²) in [6, 6.07) is 0. The lowest BCUT2D eigenvalue weighted by atomic mass is 9.83. The number of hydrogen-bond donors (Lipinski definition) is 2. The first kappa shape index (κ1) is 36.8.